The third-order valence-corrected chi connectivity index (χ3v) is 10.7. The van der Waals surface area contributed by atoms with Crippen molar-refractivity contribution in [1.82, 2.24) is 9.55 Å². The Kier molecular flexibility index (Phi) is 7.47. The van der Waals surface area contributed by atoms with Crippen molar-refractivity contribution >= 4 is 40.9 Å². The van der Waals surface area contributed by atoms with Gasteiger partial charge >= 0.3 is 13.3 Å². The van der Waals surface area contributed by atoms with E-state index in [4.69, 9.17) is 18.9 Å². The highest BCUT2D eigenvalue weighted by molar-refractivity contribution is 7.78. The molecule has 29 heavy (non-hydrogen) atoms. The van der Waals surface area contributed by atoms with E-state index in [9.17, 15) is 19.1 Å². The van der Waals surface area contributed by atoms with Crippen molar-refractivity contribution in [3.63, 3.8) is 0 Å². The summed E-state index contributed by atoms with van der Waals surface area (Å²) in [5, 5.41) is 0. The summed E-state index contributed by atoms with van der Waals surface area (Å²) in [5.41, 5.74) is 5.16. The highest BCUT2D eigenvalue weighted by Gasteiger charge is 2.40. The summed E-state index contributed by atoms with van der Waals surface area (Å²) < 4.78 is 30.2. The van der Waals surface area contributed by atoms with Crippen molar-refractivity contribution in [3.8, 4) is 0 Å². The first kappa shape index (κ1) is 24.6. The van der Waals surface area contributed by atoms with Crippen LogP contribution >= 0.6 is 22.5 Å². The van der Waals surface area contributed by atoms with Crippen molar-refractivity contribution in [2.75, 3.05) is 25.7 Å². The van der Waals surface area contributed by atoms with Gasteiger partial charge in [-0.1, -0.05) is 20.1 Å². The van der Waals surface area contributed by atoms with Crippen LogP contribution < -0.4 is 11.4 Å². The van der Waals surface area contributed by atoms with E-state index in [1.807, 2.05) is 6.92 Å². The van der Waals surface area contributed by atoms with Gasteiger partial charge in [0, 0.05) is 25.6 Å². The molecule has 1 saturated carbocycles. The van der Waals surface area contributed by atoms with Gasteiger partial charge in [0.1, 0.15) is 13.2 Å². The van der Waals surface area contributed by atoms with E-state index in [2.05, 4.69) is 24.5 Å². The molecular formula is C16H30N3O7P3. The number of nitrogens with zero attached hydrogens (tertiary/aromatic N) is 2. The van der Waals surface area contributed by atoms with Crippen LogP contribution in [0.4, 0.5) is 5.82 Å². The Morgan fingerprint density at radius 2 is 1.90 bits per heavy atom. The Labute approximate surface area is 170 Å². The summed E-state index contributed by atoms with van der Waals surface area (Å²) in [5.74, 6) is 0.560. The number of anilines is 1. The highest BCUT2D eigenvalue weighted by Crippen LogP contribution is 2.66. The predicted octanol–water partition coefficient (Wildman–Crippen LogP) is 2.62. The van der Waals surface area contributed by atoms with Crippen LogP contribution in [0.3, 0.4) is 0 Å². The van der Waals surface area contributed by atoms with Gasteiger partial charge in [0.05, 0.1) is 6.61 Å². The Bertz CT molecular complexity index is 944. The lowest BCUT2D eigenvalue weighted by atomic mass is 9.92. The fraction of sp³-hybridized carbons (Fsp3) is 0.625. The topological polar surface area (TPSA) is 146 Å². The standard InChI is InChI=1S/C16H30N3O7P3/c1-11-12(2)14(19-8-7-15(17)18-16(19)20)9-13(11)10-24-29(6,23)26-27(3,4)25-28(5,21)22/h7-8,11-14,21-22H,3,5,9-10H2,1-2,4,6H3,(H2,17,18,20)/t11?,12-,13+,14+,27?,29?/m0/s1. The molecule has 1 heterocycles. The summed E-state index contributed by atoms with van der Waals surface area (Å²) in [6.07, 6.45) is 9.02. The van der Waals surface area contributed by atoms with Gasteiger partial charge in [-0.15, -0.1) is 0 Å². The second-order valence-electron chi connectivity index (χ2n) is 7.73. The first-order valence-electron chi connectivity index (χ1n) is 8.99. The molecule has 0 bridgehead atoms. The first-order chi connectivity index (χ1) is 13.1. The molecule has 166 valence electrons. The Morgan fingerprint density at radius 3 is 2.45 bits per heavy atom. The van der Waals surface area contributed by atoms with Crippen LogP contribution in [0.25, 0.3) is 0 Å². The van der Waals surface area contributed by atoms with E-state index in [-0.39, 0.29) is 36.2 Å². The number of aromatic nitrogens is 2. The van der Waals surface area contributed by atoms with Crippen LogP contribution in [0.1, 0.15) is 26.3 Å². The van der Waals surface area contributed by atoms with Crippen LogP contribution in [0.15, 0.2) is 17.1 Å². The van der Waals surface area contributed by atoms with Gasteiger partial charge in [0.2, 0.25) is 7.57 Å². The van der Waals surface area contributed by atoms with E-state index in [1.165, 1.54) is 13.3 Å². The van der Waals surface area contributed by atoms with Crippen molar-refractivity contribution in [1.29, 1.82) is 0 Å². The summed E-state index contributed by atoms with van der Waals surface area (Å²) >= 11 is 0. The molecule has 0 radical (unpaired) electrons. The average molecular weight is 469 g/mol. The molecule has 0 aliphatic heterocycles. The van der Waals surface area contributed by atoms with Crippen LogP contribution in [-0.4, -0.2) is 51.9 Å². The number of nitrogen functional groups attached to an aromatic ring is 1. The van der Waals surface area contributed by atoms with E-state index in [0.29, 0.717) is 6.42 Å². The molecule has 1 aromatic rings. The maximum atomic E-state index is 12.7. The van der Waals surface area contributed by atoms with Gasteiger partial charge in [-0.25, -0.2) is 4.79 Å². The maximum absolute atomic E-state index is 12.7. The molecule has 13 heteroatoms. The molecule has 0 amide bonds. The van der Waals surface area contributed by atoms with Crippen molar-refractivity contribution in [3.05, 3.63) is 22.7 Å². The zero-order chi connectivity index (χ0) is 22.2. The van der Waals surface area contributed by atoms with Crippen molar-refractivity contribution in [2.24, 2.45) is 17.8 Å². The van der Waals surface area contributed by atoms with Gasteiger partial charge in [0.15, 0.2) is 0 Å². The van der Waals surface area contributed by atoms with Crippen LogP contribution in [0, 0.1) is 17.8 Å². The second kappa shape index (κ2) is 8.81. The third kappa shape index (κ3) is 6.91. The molecule has 0 spiro atoms. The SMILES string of the molecule is C=P(O)(O)OP(=C)(C)OP(C)(=O)OC[C@H]1C[C@@H](n2ccc(N)nc2=O)[C@@H](C)C1C. The maximum Gasteiger partial charge on any atom is 0.349 e. The van der Waals surface area contributed by atoms with Gasteiger partial charge in [0.25, 0.3) is 0 Å². The second-order valence-corrected chi connectivity index (χ2v) is 14.2. The number of hydrogen-bond donors (Lipinski definition) is 3. The summed E-state index contributed by atoms with van der Waals surface area (Å²) in [4.78, 5) is 34.7. The van der Waals surface area contributed by atoms with Crippen molar-refractivity contribution in [2.45, 2.75) is 26.3 Å². The highest BCUT2D eigenvalue weighted by atomic mass is 31.3. The van der Waals surface area contributed by atoms with E-state index in [1.54, 1.807) is 16.8 Å². The predicted molar refractivity (Wildman–Crippen MR) is 118 cm³/mol. The molecule has 0 saturated heterocycles. The largest absolute Gasteiger partial charge is 0.383 e. The van der Waals surface area contributed by atoms with Gasteiger partial charge < -0.3 is 20.0 Å². The lowest BCUT2D eigenvalue weighted by molar-refractivity contribution is 0.192. The molecule has 1 fully saturated rings. The lowest BCUT2D eigenvalue weighted by Gasteiger charge is -2.27. The molecule has 3 unspecified atom stereocenters. The van der Waals surface area contributed by atoms with E-state index in [0.717, 1.165) is 0 Å². The molecule has 1 aromatic heterocycles. The molecule has 10 nitrogen and oxygen atoms in total. The molecule has 2 rings (SSSR count). The molecular weight excluding hydrogens is 439 g/mol. The third-order valence-electron chi connectivity index (χ3n) is 5.08. The summed E-state index contributed by atoms with van der Waals surface area (Å²) in [6.45, 7) is 6.93. The molecule has 1 aliphatic rings. The van der Waals surface area contributed by atoms with Crippen LogP contribution in [0.5, 0.6) is 0 Å². The Hall–Kier alpha value is -0.690. The summed E-state index contributed by atoms with van der Waals surface area (Å²) in [7, 11) is -10.5. The minimum absolute atomic E-state index is 0.0294. The van der Waals surface area contributed by atoms with Gasteiger partial charge in [-0.3, -0.25) is 17.8 Å². The van der Waals surface area contributed by atoms with E-state index >= 15 is 0 Å². The zero-order valence-corrected chi connectivity index (χ0v) is 19.7. The minimum Gasteiger partial charge on any atom is -0.383 e. The Morgan fingerprint density at radius 1 is 1.28 bits per heavy atom. The molecule has 0 aromatic carbocycles. The van der Waals surface area contributed by atoms with Crippen LogP contribution in [0.2, 0.25) is 0 Å². The van der Waals surface area contributed by atoms with Gasteiger partial charge in [-0.2, -0.15) is 4.98 Å². The fourth-order valence-corrected chi connectivity index (χ4v) is 9.41. The summed E-state index contributed by atoms with van der Waals surface area (Å²) in [6, 6.07) is 1.51. The van der Waals surface area contributed by atoms with E-state index < -0.39 is 28.2 Å². The molecule has 1 aliphatic carbocycles. The lowest BCUT2D eigenvalue weighted by Crippen LogP contribution is -2.29. The number of hydrogen-bond acceptors (Lipinski definition) is 9. The smallest absolute Gasteiger partial charge is 0.349 e. The fourth-order valence-electron chi connectivity index (χ4n) is 3.64. The normalized spacial score (nSPS) is 29.3. The average Bonchev–Trinajstić information content (AvgIpc) is 2.78. The monoisotopic (exact) mass is 469 g/mol. The zero-order valence-electron chi connectivity index (χ0n) is 17.0. The first-order valence-corrected chi connectivity index (χ1v) is 15.0. The quantitative estimate of drug-likeness (QED) is 0.489. The van der Waals surface area contributed by atoms with Gasteiger partial charge in [-0.05, 0) is 36.5 Å². The Balaban J connectivity index is 2.05. The molecule has 6 atom stereocenters. The molecule has 4 N–H and O–H groups in total. The minimum atomic E-state index is -3.84. The van der Waals surface area contributed by atoms with Crippen LogP contribution in [-0.2, 0) is 17.7 Å². The van der Waals surface area contributed by atoms with Crippen molar-refractivity contribution < 1.29 is 27.5 Å². The number of rotatable bonds is 8. The number of nitrogens with two attached hydrogens (primary N) is 1.